The molecule has 134 valence electrons. The molecule has 0 spiro atoms. The van der Waals surface area contributed by atoms with E-state index >= 15 is 0 Å². The molecule has 2 N–H and O–H groups in total. The van der Waals surface area contributed by atoms with Crippen LogP contribution in [0, 0.1) is 5.82 Å². The average Bonchev–Trinajstić information content (AvgIpc) is 2.92. The van der Waals surface area contributed by atoms with Crippen LogP contribution in [0.2, 0.25) is 0 Å². The van der Waals surface area contributed by atoms with Gasteiger partial charge < -0.3 is 9.67 Å². The van der Waals surface area contributed by atoms with Crippen LogP contribution < -0.4 is 5.43 Å². The summed E-state index contributed by atoms with van der Waals surface area (Å²) in [5, 5.41) is 14.5. The van der Waals surface area contributed by atoms with E-state index in [0.717, 1.165) is 22.0 Å². The number of rotatable bonds is 5. The van der Waals surface area contributed by atoms with Gasteiger partial charge in [-0.3, -0.25) is 4.79 Å². The lowest BCUT2D eigenvalue weighted by atomic mass is 10.1. The van der Waals surface area contributed by atoms with Gasteiger partial charge in [0.1, 0.15) is 11.4 Å². The molecule has 1 amide bonds. The van der Waals surface area contributed by atoms with Gasteiger partial charge in [-0.15, -0.1) is 0 Å². The molecule has 0 saturated carbocycles. The van der Waals surface area contributed by atoms with Crippen molar-refractivity contribution in [2.75, 3.05) is 0 Å². The summed E-state index contributed by atoms with van der Waals surface area (Å²) in [6, 6.07) is 14.3. The third-order valence-electron chi connectivity index (χ3n) is 3.99. The van der Waals surface area contributed by atoms with E-state index in [1.165, 1.54) is 32.2 Å². The van der Waals surface area contributed by atoms with Crippen LogP contribution in [-0.2, 0) is 11.3 Å². The van der Waals surface area contributed by atoms with Gasteiger partial charge in [0, 0.05) is 29.2 Å². The van der Waals surface area contributed by atoms with Crippen molar-refractivity contribution in [3.8, 4) is 0 Å². The lowest BCUT2D eigenvalue weighted by Gasteiger charge is -2.13. The summed E-state index contributed by atoms with van der Waals surface area (Å²) in [5.74, 6) is -0.854. The van der Waals surface area contributed by atoms with Crippen molar-refractivity contribution in [1.29, 1.82) is 0 Å². The van der Waals surface area contributed by atoms with E-state index in [0.29, 0.717) is 6.54 Å². The van der Waals surface area contributed by atoms with Gasteiger partial charge in [-0.2, -0.15) is 5.10 Å². The normalized spacial score (nSPS) is 12.0. The molecule has 0 aliphatic heterocycles. The Bertz CT molecular complexity index is 971. The van der Waals surface area contributed by atoms with E-state index in [9.17, 15) is 14.3 Å². The molecule has 0 unspecified atom stereocenters. The molecule has 0 aliphatic rings. The highest BCUT2D eigenvalue weighted by atomic mass is 19.1. The molecule has 0 fully saturated rings. The molecule has 0 bridgehead atoms. The standard InChI is InChI=1S/C20H20FN3O2/c1-20(2,26)19(25)23-22-11-15-13-24(18-9-4-3-8-17(15)18)12-14-6-5-7-16(21)10-14/h3-11,13,26H,12H2,1-2H3,(H,23,25)/b22-11-. The minimum atomic E-state index is -1.50. The van der Waals surface area contributed by atoms with Crippen molar-refractivity contribution in [2.45, 2.75) is 26.0 Å². The maximum absolute atomic E-state index is 13.4. The first kappa shape index (κ1) is 17.8. The first-order valence-corrected chi connectivity index (χ1v) is 8.23. The number of para-hydroxylation sites is 1. The van der Waals surface area contributed by atoms with Crippen LogP contribution in [0.3, 0.4) is 0 Å². The Morgan fingerprint density at radius 2 is 2.04 bits per heavy atom. The van der Waals surface area contributed by atoms with Crippen LogP contribution in [0.5, 0.6) is 0 Å². The minimum absolute atomic E-state index is 0.268. The number of aromatic nitrogens is 1. The van der Waals surface area contributed by atoms with Crippen LogP contribution in [0.25, 0.3) is 10.9 Å². The van der Waals surface area contributed by atoms with E-state index in [2.05, 4.69) is 10.5 Å². The van der Waals surface area contributed by atoms with Crippen molar-refractivity contribution >= 4 is 23.0 Å². The van der Waals surface area contributed by atoms with Crippen molar-refractivity contribution in [1.82, 2.24) is 9.99 Å². The molecule has 0 aliphatic carbocycles. The number of hydrogen-bond donors (Lipinski definition) is 2. The van der Waals surface area contributed by atoms with Gasteiger partial charge >= 0.3 is 0 Å². The number of carbonyl (C=O) groups excluding carboxylic acids is 1. The van der Waals surface area contributed by atoms with Crippen molar-refractivity contribution < 1.29 is 14.3 Å². The predicted octanol–water partition coefficient (Wildman–Crippen LogP) is 3.05. The van der Waals surface area contributed by atoms with Gasteiger partial charge in [-0.1, -0.05) is 30.3 Å². The summed E-state index contributed by atoms with van der Waals surface area (Å²) in [7, 11) is 0. The summed E-state index contributed by atoms with van der Waals surface area (Å²) in [6.07, 6.45) is 3.43. The Morgan fingerprint density at radius 3 is 2.77 bits per heavy atom. The molecule has 2 aromatic carbocycles. The number of hydrazone groups is 1. The number of fused-ring (bicyclic) bond motifs is 1. The van der Waals surface area contributed by atoms with E-state index < -0.39 is 11.5 Å². The quantitative estimate of drug-likeness (QED) is 0.547. The van der Waals surface area contributed by atoms with E-state index in [1.807, 2.05) is 41.1 Å². The number of aliphatic hydroxyl groups is 1. The molecule has 26 heavy (non-hydrogen) atoms. The number of hydrogen-bond acceptors (Lipinski definition) is 3. The molecule has 3 aromatic rings. The molecule has 0 atom stereocenters. The van der Waals surface area contributed by atoms with Crippen LogP contribution >= 0.6 is 0 Å². The molecule has 6 heteroatoms. The predicted molar refractivity (Wildman–Crippen MR) is 99.5 cm³/mol. The number of amides is 1. The second-order valence-corrected chi connectivity index (χ2v) is 6.62. The summed E-state index contributed by atoms with van der Waals surface area (Å²) < 4.78 is 15.4. The second-order valence-electron chi connectivity index (χ2n) is 6.62. The lowest BCUT2D eigenvalue weighted by Crippen LogP contribution is -2.39. The summed E-state index contributed by atoms with van der Waals surface area (Å²) >= 11 is 0. The van der Waals surface area contributed by atoms with Gasteiger partial charge in [0.05, 0.1) is 6.21 Å². The zero-order chi connectivity index (χ0) is 18.7. The first-order valence-electron chi connectivity index (χ1n) is 8.23. The van der Waals surface area contributed by atoms with Crippen LogP contribution in [0.4, 0.5) is 4.39 Å². The Balaban J connectivity index is 1.89. The lowest BCUT2D eigenvalue weighted by molar-refractivity contribution is -0.136. The zero-order valence-electron chi connectivity index (χ0n) is 14.6. The maximum Gasteiger partial charge on any atom is 0.271 e. The number of benzene rings is 2. The fourth-order valence-corrected chi connectivity index (χ4v) is 2.64. The van der Waals surface area contributed by atoms with Gasteiger partial charge in [-0.05, 0) is 37.6 Å². The summed E-state index contributed by atoms with van der Waals surface area (Å²) in [6.45, 7) is 3.30. The molecule has 1 aromatic heterocycles. The Morgan fingerprint density at radius 1 is 1.27 bits per heavy atom. The maximum atomic E-state index is 13.4. The SMILES string of the molecule is CC(C)(O)C(=O)N/N=C\c1cn(Cc2cccc(F)c2)c2ccccc12. The Kier molecular flexibility index (Phi) is 4.86. The Labute approximate surface area is 150 Å². The number of halogens is 1. The third kappa shape index (κ3) is 3.97. The highest BCUT2D eigenvalue weighted by Crippen LogP contribution is 2.21. The molecule has 1 heterocycles. The average molecular weight is 353 g/mol. The summed E-state index contributed by atoms with van der Waals surface area (Å²) in [4.78, 5) is 11.7. The largest absolute Gasteiger partial charge is 0.381 e. The monoisotopic (exact) mass is 353 g/mol. The second kappa shape index (κ2) is 7.09. The van der Waals surface area contributed by atoms with E-state index in [1.54, 1.807) is 6.07 Å². The summed E-state index contributed by atoms with van der Waals surface area (Å²) in [5.41, 5.74) is 3.47. The van der Waals surface area contributed by atoms with Crippen LogP contribution in [0.15, 0.2) is 59.8 Å². The highest BCUT2D eigenvalue weighted by Gasteiger charge is 2.23. The number of carbonyl (C=O) groups is 1. The molecule has 5 nitrogen and oxygen atoms in total. The van der Waals surface area contributed by atoms with E-state index in [-0.39, 0.29) is 5.82 Å². The van der Waals surface area contributed by atoms with Crippen LogP contribution in [0.1, 0.15) is 25.0 Å². The molecule has 0 saturated heterocycles. The third-order valence-corrected chi connectivity index (χ3v) is 3.99. The number of nitrogens with one attached hydrogen (secondary N) is 1. The van der Waals surface area contributed by atoms with E-state index in [4.69, 9.17) is 0 Å². The van der Waals surface area contributed by atoms with Crippen molar-refractivity contribution in [3.05, 3.63) is 71.7 Å². The van der Waals surface area contributed by atoms with Gasteiger partial charge in [-0.25, -0.2) is 9.82 Å². The number of nitrogens with zero attached hydrogens (tertiary/aromatic N) is 2. The van der Waals surface area contributed by atoms with Crippen molar-refractivity contribution in [2.24, 2.45) is 5.10 Å². The first-order chi connectivity index (χ1) is 12.3. The molecule has 3 rings (SSSR count). The fraction of sp³-hybridized carbons (Fsp3) is 0.200. The molecular formula is C20H20FN3O2. The smallest absolute Gasteiger partial charge is 0.271 e. The topological polar surface area (TPSA) is 66.6 Å². The molecular weight excluding hydrogens is 333 g/mol. The Hall–Kier alpha value is -2.99. The highest BCUT2D eigenvalue weighted by molar-refractivity contribution is 5.99. The molecule has 0 radical (unpaired) electrons. The fourth-order valence-electron chi connectivity index (χ4n) is 2.64. The zero-order valence-corrected chi connectivity index (χ0v) is 14.6. The minimum Gasteiger partial charge on any atom is -0.381 e. The van der Waals surface area contributed by atoms with Gasteiger partial charge in [0.15, 0.2) is 0 Å². The van der Waals surface area contributed by atoms with Crippen LogP contribution in [-0.4, -0.2) is 27.4 Å². The van der Waals surface area contributed by atoms with Gasteiger partial charge in [0.2, 0.25) is 0 Å². The van der Waals surface area contributed by atoms with Crippen molar-refractivity contribution in [3.63, 3.8) is 0 Å². The van der Waals surface area contributed by atoms with Gasteiger partial charge in [0.25, 0.3) is 5.91 Å².